The Morgan fingerprint density at radius 1 is 1.26 bits per heavy atom. The number of benzene rings is 2. The molecule has 0 fully saturated rings. The van der Waals surface area contributed by atoms with Crippen LogP contribution in [0.1, 0.15) is 29.2 Å². The number of hydrogen-bond acceptors (Lipinski definition) is 3. The molecular weight excluding hydrogens is 300 g/mol. The van der Waals surface area contributed by atoms with Gasteiger partial charge in [-0.2, -0.15) is 9.65 Å². The number of halogens is 2. The van der Waals surface area contributed by atoms with Gasteiger partial charge >= 0.3 is 0 Å². The van der Waals surface area contributed by atoms with E-state index in [1.165, 1.54) is 6.07 Å². The first-order valence-electron chi connectivity index (χ1n) is 7.02. The summed E-state index contributed by atoms with van der Waals surface area (Å²) in [6.45, 7) is 1.51. The molecule has 1 aliphatic rings. The second-order valence-corrected chi connectivity index (χ2v) is 5.29. The molecule has 0 bridgehead atoms. The number of nitrogens with zero attached hydrogens (tertiary/aromatic N) is 1. The van der Waals surface area contributed by atoms with Gasteiger partial charge in [-0.1, -0.05) is 12.1 Å². The zero-order valence-corrected chi connectivity index (χ0v) is 12.4. The Labute approximate surface area is 132 Å². The second-order valence-electron chi connectivity index (χ2n) is 5.29. The molecule has 0 amide bonds. The molecule has 2 aromatic carbocycles. The number of aliphatic hydroxyl groups excluding tert-OH is 1. The Hall–Kier alpha value is -2.71. The molecule has 5 heteroatoms. The van der Waals surface area contributed by atoms with Gasteiger partial charge in [-0.25, -0.2) is 4.39 Å². The van der Waals surface area contributed by atoms with Gasteiger partial charge in [0, 0.05) is 16.7 Å². The standard InChI is InChI=1S/C18H13F2NO2/c1-10(7-21)16-13-3-2-11(8-22)6-12(13)9-23-18-14(16)4-5-15(19)17(18)20/h2-6,22H,8-9H2,1H3. The van der Waals surface area contributed by atoms with Crippen LogP contribution in [-0.4, -0.2) is 5.11 Å². The highest BCUT2D eigenvalue weighted by Crippen LogP contribution is 2.40. The highest BCUT2D eigenvalue weighted by molar-refractivity contribution is 5.88. The lowest BCUT2D eigenvalue weighted by molar-refractivity contribution is 0.277. The van der Waals surface area contributed by atoms with E-state index in [1.807, 2.05) is 0 Å². The second kappa shape index (κ2) is 5.82. The summed E-state index contributed by atoms with van der Waals surface area (Å²) in [5, 5.41) is 18.6. The topological polar surface area (TPSA) is 53.2 Å². The molecule has 0 aromatic heterocycles. The predicted octanol–water partition coefficient (Wildman–Crippen LogP) is 3.69. The number of rotatable bonds is 1. The van der Waals surface area contributed by atoms with Crippen molar-refractivity contribution in [3.05, 3.63) is 69.8 Å². The van der Waals surface area contributed by atoms with Gasteiger partial charge < -0.3 is 9.84 Å². The monoisotopic (exact) mass is 313 g/mol. The molecule has 116 valence electrons. The summed E-state index contributed by atoms with van der Waals surface area (Å²) in [5.41, 5.74) is 3.33. The van der Waals surface area contributed by atoms with E-state index in [2.05, 4.69) is 6.07 Å². The molecule has 23 heavy (non-hydrogen) atoms. The zero-order chi connectivity index (χ0) is 16.6. The summed E-state index contributed by atoms with van der Waals surface area (Å²) in [7, 11) is 0. The molecule has 0 unspecified atom stereocenters. The van der Waals surface area contributed by atoms with Crippen molar-refractivity contribution >= 4 is 5.57 Å². The van der Waals surface area contributed by atoms with E-state index in [9.17, 15) is 19.1 Å². The lowest BCUT2D eigenvalue weighted by Gasteiger charge is -2.12. The lowest BCUT2D eigenvalue weighted by Crippen LogP contribution is -1.99. The normalized spacial score (nSPS) is 14.9. The summed E-state index contributed by atoms with van der Waals surface area (Å²) < 4.78 is 33.1. The Morgan fingerprint density at radius 3 is 2.70 bits per heavy atom. The number of fused-ring (bicyclic) bond motifs is 2. The van der Waals surface area contributed by atoms with Gasteiger partial charge in [0.05, 0.1) is 12.7 Å². The fourth-order valence-corrected chi connectivity index (χ4v) is 2.73. The Balaban J connectivity index is 2.34. The van der Waals surface area contributed by atoms with Crippen LogP contribution in [0.5, 0.6) is 5.75 Å². The smallest absolute Gasteiger partial charge is 0.201 e. The fraction of sp³-hybridized carbons (Fsp3) is 0.167. The Kier molecular flexibility index (Phi) is 3.85. The first kappa shape index (κ1) is 15.2. The lowest BCUT2D eigenvalue weighted by atomic mass is 9.90. The number of hydrogen-bond donors (Lipinski definition) is 1. The SMILES string of the molecule is CC(C#N)=C1c2ccc(CO)cc2COc2c1ccc(F)c2F. The fourth-order valence-electron chi connectivity index (χ4n) is 2.73. The van der Waals surface area contributed by atoms with Gasteiger partial charge in [-0.05, 0) is 41.8 Å². The summed E-state index contributed by atoms with van der Waals surface area (Å²) in [6, 6.07) is 9.73. The van der Waals surface area contributed by atoms with Crippen LogP contribution in [0.2, 0.25) is 0 Å². The van der Waals surface area contributed by atoms with E-state index in [4.69, 9.17) is 4.74 Å². The maximum Gasteiger partial charge on any atom is 0.201 e. The summed E-state index contributed by atoms with van der Waals surface area (Å²) >= 11 is 0. The summed E-state index contributed by atoms with van der Waals surface area (Å²) in [6.07, 6.45) is 0. The third-order valence-electron chi connectivity index (χ3n) is 3.86. The largest absolute Gasteiger partial charge is 0.485 e. The number of ether oxygens (including phenoxy) is 1. The Bertz CT molecular complexity index is 866. The maximum atomic E-state index is 14.1. The van der Waals surface area contributed by atoms with Crippen molar-refractivity contribution in [1.82, 2.24) is 0 Å². The van der Waals surface area contributed by atoms with Crippen molar-refractivity contribution in [2.45, 2.75) is 20.1 Å². The average Bonchev–Trinajstić information content (AvgIpc) is 2.74. The number of allylic oxidation sites excluding steroid dienone is 1. The molecule has 0 saturated heterocycles. The molecule has 1 N–H and O–H groups in total. The van der Waals surface area contributed by atoms with Crippen LogP contribution in [0, 0.1) is 23.0 Å². The molecule has 2 aromatic rings. The van der Waals surface area contributed by atoms with E-state index < -0.39 is 11.6 Å². The van der Waals surface area contributed by atoms with Gasteiger partial charge in [0.25, 0.3) is 0 Å². The van der Waals surface area contributed by atoms with Crippen LogP contribution < -0.4 is 4.74 Å². The molecule has 0 radical (unpaired) electrons. The van der Waals surface area contributed by atoms with Crippen LogP contribution in [-0.2, 0) is 13.2 Å². The van der Waals surface area contributed by atoms with Crippen LogP contribution in [0.15, 0.2) is 35.9 Å². The quantitative estimate of drug-likeness (QED) is 0.817. The van der Waals surface area contributed by atoms with Crippen LogP contribution >= 0.6 is 0 Å². The van der Waals surface area contributed by atoms with Gasteiger partial charge in [0.2, 0.25) is 5.82 Å². The molecule has 3 nitrogen and oxygen atoms in total. The molecular formula is C18H13F2NO2. The molecule has 3 rings (SSSR count). The van der Waals surface area contributed by atoms with Gasteiger partial charge in [-0.15, -0.1) is 0 Å². The minimum atomic E-state index is -1.07. The zero-order valence-electron chi connectivity index (χ0n) is 12.4. The van der Waals surface area contributed by atoms with Crippen molar-refractivity contribution in [3.63, 3.8) is 0 Å². The average molecular weight is 313 g/mol. The van der Waals surface area contributed by atoms with Crippen LogP contribution in [0.3, 0.4) is 0 Å². The van der Waals surface area contributed by atoms with E-state index in [1.54, 1.807) is 25.1 Å². The molecule has 0 aliphatic carbocycles. The van der Waals surface area contributed by atoms with Gasteiger partial charge in [0.1, 0.15) is 6.61 Å². The minimum Gasteiger partial charge on any atom is -0.485 e. The molecule has 1 aliphatic heterocycles. The molecule has 0 saturated carbocycles. The third-order valence-corrected chi connectivity index (χ3v) is 3.86. The molecule has 1 heterocycles. The van der Waals surface area contributed by atoms with Crippen molar-refractivity contribution in [2.75, 3.05) is 0 Å². The summed E-state index contributed by atoms with van der Waals surface area (Å²) in [4.78, 5) is 0. The van der Waals surface area contributed by atoms with Crippen molar-refractivity contribution in [1.29, 1.82) is 5.26 Å². The molecule has 0 spiro atoms. The van der Waals surface area contributed by atoms with Crippen molar-refractivity contribution < 1.29 is 18.6 Å². The van der Waals surface area contributed by atoms with E-state index in [0.29, 0.717) is 33.4 Å². The van der Waals surface area contributed by atoms with E-state index >= 15 is 0 Å². The van der Waals surface area contributed by atoms with Crippen molar-refractivity contribution in [3.8, 4) is 11.8 Å². The Morgan fingerprint density at radius 2 is 2.00 bits per heavy atom. The van der Waals surface area contributed by atoms with E-state index in [0.717, 1.165) is 6.07 Å². The van der Waals surface area contributed by atoms with Crippen LogP contribution in [0.25, 0.3) is 5.57 Å². The summed E-state index contributed by atoms with van der Waals surface area (Å²) in [5.74, 6) is -2.27. The van der Waals surface area contributed by atoms with Gasteiger partial charge in [-0.3, -0.25) is 0 Å². The highest BCUT2D eigenvalue weighted by Gasteiger charge is 2.25. The van der Waals surface area contributed by atoms with Gasteiger partial charge in [0.15, 0.2) is 11.6 Å². The predicted molar refractivity (Wildman–Crippen MR) is 80.4 cm³/mol. The van der Waals surface area contributed by atoms with E-state index in [-0.39, 0.29) is 19.0 Å². The number of nitriles is 1. The third kappa shape index (κ3) is 2.47. The van der Waals surface area contributed by atoms with Crippen LogP contribution in [0.4, 0.5) is 8.78 Å². The van der Waals surface area contributed by atoms with Crippen molar-refractivity contribution in [2.24, 2.45) is 0 Å². The first-order chi connectivity index (χ1) is 11.1. The minimum absolute atomic E-state index is 0.0265. The highest BCUT2D eigenvalue weighted by atomic mass is 19.2. The first-order valence-corrected chi connectivity index (χ1v) is 7.02. The maximum absolute atomic E-state index is 14.1. The molecule has 0 atom stereocenters. The number of aliphatic hydroxyl groups is 1.